The van der Waals surface area contributed by atoms with Crippen LogP contribution in [0.3, 0.4) is 0 Å². The van der Waals surface area contributed by atoms with E-state index in [1.54, 1.807) is 50.6 Å². The molecule has 0 saturated heterocycles. The molecule has 4 nitrogen and oxygen atoms in total. The molecule has 0 aliphatic heterocycles. The third kappa shape index (κ3) is 4.48. The summed E-state index contributed by atoms with van der Waals surface area (Å²) < 4.78 is 23.3. The molecule has 0 fully saturated rings. The molecule has 0 bridgehead atoms. The number of hydrogen-bond donors (Lipinski definition) is 0. The van der Waals surface area contributed by atoms with Crippen LogP contribution in [0.1, 0.15) is 5.56 Å². The molecule has 2 aromatic rings. The molecule has 1 amide bonds. The van der Waals surface area contributed by atoms with Gasteiger partial charge in [0, 0.05) is 13.6 Å². The van der Waals surface area contributed by atoms with E-state index < -0.39 is 0 Å². The highest BCUT2D eigenvalue weighted by atomic mass is 19.1. The molecule has 0 saturated carbocycles. The lowest BCUT2D eigenvalue weighted by Gasteiger charge is -2.17. The molecule has 0 atom stereocenters. The highest BCUT2D eigenvalue weighted by Crippen LogP contribution is 2.17. The van der Waals surface area contributed by atoms with Crippen molar-refractivity contribution in [3.8, 4) is 11.5 Å². The van der Waals surface area contributed by atoms with Crippen LogP contribution in [-0.2, 0) is 11.3 Å². The van der Waals surface area contributed by atoms with E-state index in [0.29, 0.717) is 12.3 Å². The number of hydrogen-bond acceptors (Lipinski definition) is 3. The van der Waals surface area contributed by atoms with Crippen molar-refractivity contribution in [1.29, 1.82) is 0 Å². The van der Waals surface area contributed by atoms with Crippen LogP contribution in [0.25, 0.3) is 0 Å². The second-order valence-corrected chi connectivity index (χ2v) is 4.84. The molecule has 0 N–H and O–H groups in total. The maximum Gasteiger partial charge on any atom is 0.260 e. The molecule has 2 aromatic carbocycles. The van der Waals surface area contributed by atoms with E-state index in [4.69, 9.17) is 9.47 Å². The average molecular weight is 303 g/mol. The van der Waals surface area contributed by atoms with Crippen molar-refractivity contribution in [2.45, 2.75) is 6.54 Å². The van der Waals surface area contributed by atoms with Crippen molar-refractivity contribution >= 4 is 5.91 Å². The van der Waals surface area contributed by atoms with Gasteiger partial charge in [-0.25, -0.2) is 4.39 Å². The Morgan fingerprint density at radius 3 is 2.23 bits per heavy atom. The number of rotatable bonds is 6. The van der Waals surface area contributed by atoms with Crippen LogP contribution < -0.4 is 9.47 Å². The first-order valence-corrected chi connectivity index (χ1v) is 6.84. The van der Waals surface area contributed by atoms with Gasteiger partial charge in [-0.3, -0.25) is 4.79 Å². The zero-order chi connectivity index (χ0) is 15.9. The maximum absolute atomic E-state index is 12.8. The van der Waals surface area contributed by atoms with Gasteiger partial charge in [-0.15, -0.1) is 0 Å². The SMILES string of the molecule is COc1ccc(OCC(=O)N(C)Cc2ccc(F)cc2)cc1. The molecule has 0 radical (unpaired) electrons. The maximum atomic E-state index is 12.8. The number of methoxy groups -OCH3 is 1. The predicted octanol–water partition coefficient (Wildman–Crippen LogP) is 2.87. The van der Waals surface area contributed by atoms with Crippen molar-refractivity contribution in [3.63, 3.8) is 0 Å². The van der Waals surface area contributed by atoms with Gasteiger partial charge in [0.25, 0.3) is 5.91 Å². The van der Waals surface area contributed by atoms with Crippen molar-refractivity contribution in [3.05, 3.63) is 59.9 Å². The van der Waals surface area contributed by atoms with Crippen LogP contribution >= 0.6 is 0 Å². The number of carbonyl (C=O) groups excluding carboxylic acids is 1. The summed E-state index contributed by atoms with van der Waals surface area (Å²) in [5.74, 6) is 0.886. The van der Waals surface area contributed by atoms with Crippen molar-refractivity contribution in [2.75, 3.05) is 20.8 Å². The van der Waals surface area contributed by atoms with Gasteiger partial charge >= 0.3 is 0 Å². The molecule has 22 heavy (non-hydrogen) atoms. The molecule has 0 unspecified atom stereocenters. The Hall–Kier alpha value is -2.56. The Kier molecular flexibility index (Phi) is 5.36. The molecule has 116 valence electrons. The minimum absolute atomic E-state index is 0.0516. The van der Waals surface area contributed by atoms with E-state index in [1.165, 1.54) is 17.0 Å². The highest BCUT2D eigenvalue weighted by Gasteiger charge is 2.10. The first kappa shape index (κ1) is 15.8. The van der Waals surface area contributed by atoms with Crippen molar-refractivity contribution in [2.24, 2.45) is 0 Å². The van der Waals surface area contributed by atoms with Crippen LogP contribution in [0.5, 0.6) is 11.5 Å². The summed E-state index contributed by atoms with van der Waals surface area (Å²) >= 11 is 0. The quantitative estimate of drug-likeness (QED) is 0.823. The first-order chi connectivity index (χ1) is 10.6. The second-order valence-electron chi connectivity index (χ2n) is 4.84. The van der Waals surface area contributed by atoms with Crippen molar-refractivity contribution in [1.82, 2.24) is 4.90 Å². The van der Waals surface area contributed by atoms with E-state index >= 15 is 0 Å². The highest BCUT2D eigenvalue weighted by molar-refractivity contribution is 5.77. The lowest BCUT2D eigenvalue weighted by molar-refractivity contribution is -0.132. The van der Waals surface area contributed by atoms with Crippen molar-refractivity contribution < 1.29 is 18.7 Å². The van der Waals surface area contributed by atoms with Gasteiger partial charge in [0.15, 0.2) is 6.61 Å². The lowest BCUT2D eigenvalue weighted by atomic mass is 10.2. The van der Waals surface area contributed by atoms with E-state index in [0.717, 1.165) is 11.3 Å². The minimum Gasteiger partial charge on any atom is -0.497 e. The number of likely N-dealkylation sites (N-methyl/N-ethyl adjacent to an activating group) is 1. The van der Waals surface area contributed by atoms with Crippen LogP contribution in [0.2, 0.25) is 0 Å². The summed E-state index contributed by atoms with van der Waals surface area (Å²) in [6, 6.07) is 13.1. The standard InChI is InChI=1S/C17H18FNO3/c1-19(11-13-3-5-14(18)6-4-13)17(20)12-22-16-9-7-15(21-2)8-10-16/h3-10H,11-12H2,1-2H3. The van der Waals surface area contributed by atoms with E-state index in [1.807, 2.05) is 0 Å². The predicted molar refractivity (Wildman–Crippen MR) is 81.4 cm³/mol. The van der Waals surface area contributed by atoms with Gasteiger partial charge in [0.05, 0.1) is 7.11 Å². The summed E-state index contributed by atoms with van der Waals surface area (Å²) in [6.07, 6.45) is 0. The van der Waals surface area contributed by atoms with Gasteiger partial charge in [0.1, 0.15) is 17.3 Å². The number of nitrogens with zero attached hydrogens (tertiary/aromatic N) is 1. The normalized spacial score (nSPS) is 10.1. The fourth-order valence-corrected chi connectivity index (χ4v) is 1.88. The lowest BCUT2D eigenvalue weighted by Crippen LogP contribution is -2.30. The van der Waals surface area contributed by atoms with Crippen LogP contribution in [0.15, 0.2) is 48.5 Å². The Morgan fingerprint density at radius 1 is 1.05 bits per heavy atom. The van der Waals surface area contributed by atoms with Crippen LogP contribution in [-0.4, -0.2) is 31.6 Å². The number of ether oxygens (including phenoxy) is 2. The minimum atomic E-state index is -0.291. The van der Waals surface area contributed by atoms with Crippen LogP contribution in [0.4, 0.5) is 4.39 Å². The smallest absolute Gasteiger partial charge is 0.260 e. The Bertz CT molecular complexity index is 611. The van der Waals surface area contributed by atoms with Crippen LogP contribution in [0, 0.1) is 5.82 Å². The number of amides is 1. The third-order valence-electron chi connectivity index (χ3n) is 3.18. The molecule has 5 heteroatoms. The average Bonchev–Trinajstić information content (AvgIpc) is 2.55. The Morgan fingerprint density at radius 2 is 1.64 bits per heavy atom. The Balaban J connectivity index is 1.84. The van der Waals surface area contributed by atoms with Gasteiger partial charge in [-0.05, 0) is 42.0 Å². The van der Waals surface area contributed by atoms with E-state index in [9.17, 15) is 9.18 Å². The second kappa shape index (κ2) is 7.45. The van der Waals surface area contributed by atoms with E-state index in [2.05, 4.69) is 0 Å². The monoisotopic (exact) mass is 303 g/mol. The number of benzene rings is 2. The van der Waals surface area contributed by atoms with E-state index in [-0.39, 0.29) is 18.3 Å². The molecule has 0 heterocycles. The van der Waals surface area contributed by atoms with Gasteiger partial charge in [0.2, 0.25) is 0 Å². The fraction of sp³-hybridized carbons (Fsp3) is 0.235. The van der Waals surface area contributed by atoms with Gasteiger partial charge < -0.3 is 14.4 Å². The first-order valence-electron chi connectivity index (χ1n) is 6.84. The summed E-state index contributed by atoms with van der Waals surface area (Å²) in [6.45, 7) is 0.356. The molecular formula is C17H18FNO3. The van der Waals surface area contributed by atoms with Gasteiger partial charge in [-0.2, -0.15) is 0 Å². The summed E-state index contributed by atoms with van der Waals surface area (Å²) in [5.41, 5.74) is 0.863. The molecule has 0 aliphatic rings. The molecule has 0 aliphatic carbocycles. The fourth-order valence-electron chi connectivity index (χ4n) is 1.88. The van der Waals surface area contributed by atoms with Gasteiger partial charge in [-0.1, -0.05) is 12.1 Å². The largest absolute Gasteiger partial charge is 0.497 e. The summed E-state index contributed by atoms with van der Waals surface area (Å²) in [7, 11) is 3.27. The summed E-state index contributed by atoms with van der Waals surface area (Å²) in [4.78, 5) is 13.6. The third-order valence-corrected chi connectivity index (χ3v) is 3.18. The molecular weight excluding hydrogens is 285 g/mol. The number of carbonyl (C=O) groups is 1. The topological polar surface area (TPSA) is 38.8 Å². The number of halogens is 1. The molecule has 0 spiro atoms. The zero-order valence-corrected chi connectivity index (χ0v) is 12.6. The molecule has 0 aromatic heterocycles. The molecule has 2 rings (SSSR count). The summed E-state index contributed by atoms with van der Waals surface area (Å²) in [5, 5.41) is 0. The Labute approximate surface area is 129 Å². The zero-order valence-electron chi connectivity index (χ0n) is 12.6.